The van der Waals surface area contributed by atoms with E-state index in [9.17, 15) is 9.59 Å². The zero-order valence-corrected chi connectivity index (χ0v) is 22.3. The molecule has 8 heteroatoms. The van der Waals surface area contributed by atoms with Gasteiger partial charge in [-0.2, -0.15) is 0 Å². The molecule has 0 saturated carbocycles. The van der Waals surface area contributed by atoms with E-state index in [1.54, 1.807) is 12.1 Å². The van der Waals surface area contributed by atoms with Crippen LogP contribution in [0.3, 0.4) is 0 Å². The number of carbonyl (C=O) groups excluding carboxylic acids is 2. The molecule has 188 valence electrons. The fourth-order valence-electron chi connectivity index (χ4n) is 3.20. The first kappa shape index (κ1) is 27.2. The Balaban J connectivity index is 1.51. The lowest BCUT2D eigenvalue weighted by Crippen LogP contribution is -2.22. The third-order valence-corrected chi connectivity index (χ3v) is 6.51. The standard InChI is InChI=1S/C28H31N3O3S2/c1-4-5-17-34-25-15-13-22(14-16-25)29-27(33)20(3)36-26-8-6-7-24(18-26)31-28(35)30-23-11-9-21(10-12-23)19(2)32/h6-16,18,20H,4-5,17H2,1-3H3,(H,29,33)(H2,30,31,35). The van der Waals surface area contributed by atoms with Crippen LogP contribution in [0, 0.1) is 0 Å². The highest BCUT2D eigenvalue weighted by Crippen LogP contribution is 2.27. The van der Waals surface area contributed by atoms with Crippen LogP contribution in [0.15, 0.2) is 77.7 Å². The van der Waals surface area contributed by atoms with Gasteiger partial charge < -0.3 is 20.7 Å². The number of benzene rings is 3. The first-order chi connectivity index (χ1) is 17.3. The number of carbonyl (C=O) groups is 2. The minimum Gasteiger partial charge on any atom is -0.494 e. The lowest BCUT2D eigenvalue weighted by atomic mass is 10.1. The van der Waals surface area contributed by atoms with Crippen LogP contribution >= 0.6 is 24.0 Å². The lowest BCUT2D eigenvalue weighted by molar-refractivity contribution is -0.115. The van der Waals surface area contributed by atoms with Crippen LogP contribution in [0.5, 0.6) is 5.75 Å². The van der Waals surface area contributed by atoms with Crippen molar-refractivity contribution in [2.45, 2.75) is 43.8 Å². The SMILES string of the molecule is CCCCOc1ccc(NC(=O)C(C)Sc2cccc(NC(=S)Nc3ccc(C(C)=O)cc3)c2)cc1. The Labute approximate surface area is 222 Å². The van der Waals surface area contributed by atoms with Gasteiger partial charge in [0.2, 0.25) is 5.91 Å². The summed E-state index contributed by atoms with van der Waals surface area (Å²) in [5.74, 6) is 0.739. The molecule has 0 bridgehead atoms. The summed E-state index contributed by atoms with van der Waals surface area (Å²) in [6, 6.07) is 22.3. The normalized spacial score (nSPS) is 11.3. The van der Waals surface area contributed by atoms with Crippen molar-refractivity contribution < 1.29 is 14.3 Å². The van der Waals surface area contributed by atoms with Gasteiger partial charge in [-0.3, -0.25) is 9.59 Å². The zero-order valence-electron chi connectivity index (χ0n) is 20.7. The molecule has 0 heterocycles. The third kappa shape index (κ3) is 8.70. The van der Waals surface area contributed by atoms with E-state index in [0.29, 0.717) is 17.3 Å². The summed E-state index contributed by atoms with van der Waals surface area (Å²) < 4.78 is 5.67. The fraction of sp³-hybridized carbons (Fsp3) is 0.250. The summed E-state index contributed by atoms with van der Waals surface area (Å²) in [4.78, 5) is 25.1. The van der Waals surface area contributed by atoms with Gasteiger partial charge in [-0.15, -0.1) is 11.8 Å². The van der Waals surface area contributed by atoms with Crippen molar-refractivity contribution in [2.75, 3.05) is 22.6 Å². The van der Waals surface area contributed by atoms with Crippen molar-refractivity contribution in [1.82, 2.24) is 0 Å². The number of nitrogens with one attached hydrogen (secondary N) is 3. The molecule has 3 N–H and O–H groups in total. The van der Waals surface area contributed by atoms with Gasteiger partial charge >= 0.3 is 0 Å². The van der Waals surface area contributed by atoms with Crippen LogP contribution in [0.2, 0.25) is 0 Å². The number of rotatable bonds is 11. The average molecular weight is 522 g/mol. The molecule has 0 spiro atoms. The Morgan fingerprint density at radius 2 is 1.56 bits per heavy atom. The molecule has 0 aliphatic rings. The zero-order chi connectivity index (χ0) is 25.9. The number of thiocarbonyl (C=S) groups is 1. The van der Waals surface area contributed by atoms with Crippen molar-refractivity contribution in [3.63, 3.8) is 0 Å². The molecule has 0 saturated heterocycles. The van der Waals surface area contributed by atoms with E-state index in [1.807, 2.05) is 67.6 Å². The highest BCUT2D eigenvalue weighted by atomic mass is 32.2. The Hall–Kier alpha value is -3.36. The van der Waals surface area contributed by atoms with Gasteiger partial charge in [0.15, 0.2) is 10.9 Å². The van der Waals surface area contributed by atoms with Crippen LogP contribution in [0.1, 0.15) is 44.0 Å². The van der Waals surface area contributed by atoms with Gasteiger partial charge in [-0.25, -0.2) is 0 Å². The Morgan fingerprint density at radius 3 is 2.22 bits per heavy atom. The molecule has 6 nitrogen and oxygen atoms in total. The minimum atomic E-state index is -0.300. The number of anilines is 3. The topological polar surface area (TPSA) is 79.5 Å². The summed E-state index contributed by atoms with van der Waals surface area (Å²) in [5.41, 5.74) is 2.98. The first-order valence-electron chi connectivity index (χ1n) is 11.8. The van der Waals surface area contributed by atoms with Crippen molar-refractivity contribution in [3.8, 4) is 5.75 Å². The molecular formula is C28H31N3O3S2. The van der Waals surface area contributed by atoms with Crippen molar-refractivity contribution >= 4 is 57.8 Å². The van der Waals surface area contributed by atoms with Gasteiger partial charge in [-0.1, -0.05) is 19.4 Å². The quantitative estimate of drug-likeness (QED) is 0.109. The number of hydrogen-bond donors (Lipinski definition) is 3. The van der Waals surface area contributed by atoms with E-state index in [0.717, 1.165) is 40.5 Å². The molecule has 0 aliphatic carbocycles. The van der Waals surface area contributed by atoms with Gasteiger partial charge in [0, 0.05) is 27.5 Å². The Morgan fingerprint density at radius 1 is 0.917 bits per heavy atom. The molecule has 1 amide bonds. The number of unbranched alkanes of at least 4 members (excludes halogenated alkanes) is 1. The minimum absolute atomic E-state index is 0.0183. The molecule has 0 aromatic heterocycles. The molecule has 3 rings (SSSR count). The lowest BCUT2D eigenvalue weighted by Gasteiger charge is -2.14. The van der Waals surface area contributed by atoms with Gasteiger partial charge in [-0.05, 0) is 99.2 Å². The average Bonchev–Trinajstić information content (AvgIpc) is 2.85. The summed E-state index contributed by atoms with van der Waals surface area (Å²) in [5, 5.41) is 9.36. The number of hydrogen-bond acceptors (Lipinski definition) is 5. The van der Waals surface area contributed by atoms with E-state index >= 15 is 0 Å². The summed E-state index contributed by atoms with van der Waals surface area (Å²) in [6.07, 6.45) is 2.10. The highest BCUT2D eigenvalue weighted by molar-refractivity contribution is 8.00. The summed E-state index contributed by atoms with van der Waals surface area (Å²) in [6.45, 7) is 6.23. The van der Waals surface area contributed by atoms with Gasteiger partial charge in [0.25, 0.3) is 0 Å². The summed E-state index contributed by atoms with van der Waals surface area (Å²) >= 11 is 6.88. The van der Waals surface area contributed by atoms with Crippen LogP contribution in [0.4, 0.5) is 17.1 Å². The van der Waals surface area contributed by atoms with Crippen molar-refractivity contribution in [3.05, 3.63) is 78.4 Å². The monoisotopic (exact) mass is 521 g/mol. The predicted molar refractivity (Wildman–Crippen MR) is 154 cm³/mol. The molecule has 0 fully saturated rings. The van der Waals surface area contributed by atoms with Crippen LogP contribution in [-0.2, 0) is 4.79 Å². The third-order valence-electron chi connectivity index (χ3n) is 5.21. The van der Waals surface area contributed by atoms with E-state index < -0.39 is 0 Å². The number of ketones is 1. The molecule has 0 aliphatic heterocycles. The van der Waals surface area contributed by atoms with E-state index in [2.05, 4.69) is 22.9 Å². The molecule has 3 aromatic rings. The smallest absolute Gasteiger partial charge is 0.237 e. The van der Waals surface area contributed by atoms with Crippen LogP contribution < -0.4 is 20.7 Å². The maximum absolute atomic E-state index is 12.7. The summed E-state index contributed by atoms with van der Waals surface area (Å²) in [7, 11) is 0. The highest BCUT2D eigenvalue weighted by Gasteiger charge is 2.15. The predicted octanol–water partition coefficient (Wildman–Crippen LogP) is 7.00. The largest absolute Gasteiger partial charge is 0.494 e. The molecule has 1 atom stereocenters. The fourth-order valence-corrected chi connectivity index (χ4v) is 4.36. The van der Waals surface area contributed by atoms with Crippen LogP contribution in [-0.4, -0.2) is 28.7 Å². The van der Waals surface area contributed by atoms with Gasteiger partial charge in [0.1, 0.15) is 5.75 Å². The van der Waals surface area contributed by atoms with Crippen molar-refractivity contribution in [1.29, 1.82) is 0 Å². The molecule has 3 aromatic carbocycles. The Kier molecular flexibility index (Phi) is 10.3. The van der Waals surface area contributed by atoms with E-state index in [1.165, 1.54) is 18.7 Å². The second kappa shape index (κ2) is 13.7. The van der Waals surface area contributed by atoms with E-state index in [4.69, 9.17) is 17.0 Å². The van der Waals surface area contributed by atoms with E-state index in [-0.39, 0.29) is 16.9 Å². The maximum atomic E-state index is 12.7. The maximum Gasteiger partial charge on any atom is 0.237 e. The number of thioether (sulfide) groups is 1. The second-order valence-corrected chi connectivity index (χ2v) is 10.0. The Bertz CT molecular complexity index is 1180. The molecule has 0 radical (unpaired) electrons. The number of amides is 1. The number of ether oxygens (including phenoxy) is 1. The van der Waals surface area contributed by atoms with Gasteiger partial charge in [0.05, 0.1) is 11.9 Å². The molecular weight excluding hydrogens is 490 g/mol. The number of Topliss-reactive ketones (excluding diaryl/α,β-unsaturated/α-hetero) is 1. The second-order valence-electron chi connectivity index (χ2n) is 8.22. The molecule has 1 unspecified atom stereocenters. The van der Waals surface area contributed by atoms with Crippen LogP contribution in [0.25, 0.3) is 0 Å². The van der Waals surface area contributed by atoms with Crippen molar-refractivity contribution in [2.24, 2.45) is 0 Å². The first-order valence-corrected chi connectivity index (χ1v) is 13.1. The molecule has 36 heavy (non-hydrogen) atoms.